The highest BCUT2D eigenvalue weighted by atomic mass is 19.1. The lowest BCUT2D eigenvalue weighted by molar-refractivity contribution is 0.471. The van der Waals surface area contributed by atoms with E-state index in [1.54, 1.807) is 0 Å². The van der Waals surface area contributed by atoms with Crippen molar-refractivity contribution in [2.45, 2.75) is 31.7 Å². The van der Waals surface area contributed by atoms with Crippen molar-refractivity contribution in [2.24, 2.45) is 5.73 Å². The summed E-state index contributed by atoms with van der Waals surface area (Å²) in [6.07, 6.45) is 7.95. The number of hydrogen-bond acceptors (Lipinski definition) is 7. The number of rotatable bonds is 3. The zero-order chi connectivity index (χ0) is 19.9. The van der Waals surface area contributed by atoms with E-state index in [0.717, 1.165) is 0 Å². The molecule has 4 rings (SSSR count). The van der Waals surface area contributed by atoms with Gasteiger partial charge in [-0.15, -0.1) is 0 Å². The largest absolute Gasteiger partial charge is 0.507 e. The summed E-state index contributed by atoms with van der Waals surface area (Å²) >= 11 is 0. The Balaban J connectivity index is 0.000000320. The summed E-state index contributed by atoms with van der Waals surface area (Å²) in [6.45, 7) is 0. The summed E-state index contributed by atoms with van der Waals surface area (Å²) in [6, 6.07) is 7.98. The average Bonchev–Trinajstić information content (AvgIpc) is 3.35. The van der Waals surface area contributed by atoms with E-state index in [9.17, 15) is 9.50 Å². The Kier molecular flexibility index (Phi) is 6.14. The topological polar surface area (TPSA) is 137 Å². The standard InChI is InChI=1S/C14H9FN6O.C5H11N/c15-9-2-1-3-11(22)14(9)10-4-12(21-20-10)19-13-7-17-8(5-16)6-18-13;6-5-3-1-2-4-5/h1-4,6-7,22H,(H2,18,19,20,21);5H,1-4,6H2. The first-order chi connectivity index (χ1) is 13.6. The molecule has 1 saturated carbocycles. The van der Waals surface area contributed by atoms with Gasteiger partial charge in [0.2, 0.25) is 0 Å². The van der Waals surface area contributed by atoms with E-state index in [-0.39, 0.29) is 17.0 Å². The number of nitrogens with zero attached hydrogens (tertiary/aromatic N) is 4. The van der Waals surface area contributed by atoms with Crippen LogP contribution in [0, 0.1) is 17.1 Å². The fourth-order valence-corrected chi connectivity index (χ4v) is 2.83. The van der Waals surface area contributed by atoms with Gasteiger partial charge in [0, 0.05) is 12.1 Å². The average molecular weight is 381 g/mol. The van der Waals surface area contributed by atoms with Gasteiger partial charge < -0.3 is 16.2 Å². The van der Waals surface area contributed by atoms with Crippen LogP contribution in [-0.4, -0.2) is 31.3 Å². The first-order valence-corrected chi connectivity index (χ1v) is 8.85. The highest BCUT2D eigenvalue weighted by Crippen LogP contribution is 2.31. The van der Waals surface area contributed by atoms with Crippen molar-refractivity contribution in [1.82, 2.24) is 20.2 Å². The summed E-state index contributed by atoms with van der Waals surface area (Å²) < 4.78 is 13.8. The molecule has 1 aliphatic carbocycles. The maximum absolute atomic E-state index is 13.8. The molecule has 0 radical (unpaired) electrons. The van der Waals surface area contributed by atoms with Crippen LogP contribution in [0.4, 0.5) is 16.0 Å². The molecule has 3 aromatic rings. The number of aromatic nitrogens is 4. The van der Waals surface area contributed by atoms with E-state index in [1.807, 2.05) is 6.07 Å². The Bertz CT molecular complexity index is 939. The molecule has 1 aliphatic rings. The molecule has 1 fully saturated rings. The van der Waals surface area contributed by atoms with Crippen LogP contribution in [-0.2, 0) is 0 Å². The van der Waals surface area contributed by atoms with Crippen molar-refractivity contribution in [3.63, 3.8) is 0 Å². The number of phenols is 1. The van der Waals surface area contributed by atoms with Crippen LogP contribution in [0.5, 0.6) is 5.75 Å². The van der Waals surface area contributed by atoms with E-state index in [2.05, 4.69) is 25.5 Å². The second-order valence-corrected chi connectivity index (χ2v) is 6.37. The smallest absolute Gasteiger partial charge is 0.158 e. The number of nitriles is 1. The van der Waals surface area contributed by atoms with Crippen molar-refractivity contribution in [2.75, 3.05) is 5.32 Å². The van der Waals surface area contributed by atoms with Gasteiger partial charge in [0.1, 0.15) is 23.5 Å². The number of anilines is 2. The van der Waals surface area contributed by atoms with E-state index in [0.29, 0.717) is 23.4 Å². The SMILES string of the molecule is N#Cc1cnc(Nc2cc(-c3c(O)cccc3F)[nH]n2)cn1.NC1CCCC1. The molecule has 0 aliphatic heterocycles. The van der Waals surface area contributed by atoms with Crippen molar-refractivity contribution in [3.8, 4) is 23.1 Å². The quantitative estimate of drug-likeness (QED) is 0.547. The van der Waals surface area contributed by atoms with Crippen molar-refractivity contribution >= 4 is 11.6 Å². The van der Waals surface area contributed by atoms with E-state index < -0.39 is 5.82 Å². The second kappa shape index (κ2) is 8.92. The van der Waals surface area contributed by atoms with Gasteiger partial charge in [-0.2, -0.15) is 10.4 Å². The van der Waals surface area contributed by atoms with Crippen LogP contribution < -0.4 is 11.1 Å². The highest BCUT2D eigenvalue weighted by Gasteiger charge is 2.13. The summed E-state index contributed by atoms with van der Waals surface area (Å²) in [5.74, 6) is 0.00759. The van der Waals surface area contributed by atoms with Gasteiger partial charge in [-0.1, -0.05) is 18.9 Å². The summed E-state index contributed by atoms with van der Waals surface area (Å²) in [5, 5.41) is 27.8. The molecular weight excluding hydrogens is 361 g/mol. The van der Waals surface area contributed by atoms with E-state index in [1.165, 1.54) is 62.3 Å². The van der Waals surface area contributed by atoms with Crippen LogP contribution in [0.1, 0.15) is 31.4 Å². The van der Waals surface area contributed by atoms with Crippen LogP contribution in [0.25, 0.3) is 11.3 Å². The number of phenolic OH excluding ortho intramolecular Hbond substituents is 1. The number of nitrogens with two attached hydrogens (primary N) is 1. The Hall–Kier alpha value is -3.51. The Morgan fingerprint density at radius 3 is 2.57 bits per heavy atom. The van der Waals surface area contributed by atoms with Gasteiger partial charge >= 0.3 is 0 Å². The first kappa shape index (κ1) is 19.3. The van der Waals surface area contributed by atoms with Crippen molar-refractivity contribution in [3.05, 3.63) is 48.2 Å². The normalized spacial score (nSPS) is 13.5. The highest BCUT2D eigenvalue weighted by molar-refractivity contribution is 5.70. The van der Waals surface area contributed by atoms with Gasteiger partial charge in [-0.3, -0.25) is 5.10 Å². The predicted octanol–water partition coefficient (Wildman–Crippen LogP) is 3.21. The van der Waals surface area contributed by atoms with Gasteiger partial charge in [-0.05, 0) is 25.0 Å². The minimum Gasteiger partial charge on any atom is -0.507 e. The maximum Gasteiger partial charge on any atom is 0.158 e. The monoisotopic (exact) mass is 381 g/mol. The molecule has 0 amide bonds. The predicted molar refractivity (Wildman–Crippen MR) is 102 cm³/mol. The zero-order valence-corrected chi connectivity index (χ0v) is 15.1. The maximum atomic E-state index is 13.8. The molecule has 28 heavy (non-hydrogen) atoms. The molecule has 0 unspecified atom stereocenters. The lowest BCUT2D eigenvalue weighted by Crippen LogP contribution is -2.13. The minimum atomic E-state index is -0.562. The molecule has 5 N–H and O–H groups in total. The molecule has 2 heterocycles. The van der Waals surface area contributed by atoms with Crippen LogP contribution in [0.15, 0.2) is 36.7 Å². The molecule has 144 valence electrons. The molecule has 0 saturated heterocycles. The Morgan fingerprint density at radius 1 is 1.21 bits per heavy atom. The van der Waals surface area contributed by atoms with Crippen molar-refractivity contribution < 1.29 is 9.50 Å². The number of nitrogens with one attached hydrogen (secondary N) is 2. The van der Waals surface area contributed by atoms with E-state index >= 15 is 0 Å². The third kappa shape index (κ3) is 4.81. The zero-order valence-electron chi connectivity index (χ0n) is 15.1. The molecule has 8 nitrogen and oxygen atoms in total. The van der Waals surface area contributed by atoms with Gasteiger partial charge in [0.05, 0.1) is 23.7 Å². The summed E-state index contributed by atoms with van der Waals surface area (Å²) in [5.41, 5.74) is 6.09. The van der Waals surface area contributed by atoms with Crippen LogP contribution in [0.2, 0.25) is 0 Å². The Morgan fingerprint density at radius 2 is 2.00 bits per heavy atom. The second-order valence-electron chi connectivity index (χ2n) is 6.37. The third-order valence-corrected chi connectivity index (χ3v) is 4.26. The van der Waals surface area contributed by atoms with Gasteiger partial charge in [0.15, 0.2) is 11.5 Å². The lowest BCUT2D eigenvalue weighted by Gasteiger charge is -2.02. The number of benzene rings is 1. The number of aromatic hydroxyl groups is 1. The number of hydrogen-bond donors (Lipinski definition) is 4. The van der Waals surface area contributed by atoms with Crippen molar-refractivity contribution in [1.29, 1.82) is 5.26 Å². The molecule has 0 atom stereocenters. The minimum absolute atomic E-state index is 0.0361. The van der Waals surface area contributed by atoms with Gasteiger partial charge in [-0.25, -0.2) is 14.4 Å². The Labute approximate surface area is 161 Å². The fourth-order valence-electron chi connectivity index (χ4n) is 2.83. The molecule has 9 heteroatoms. The third-order valence-electron chi connectivity index (χ3n) is 4.26. The molecule has 0 spiro atoms. The number of H-pyrrole nitrogens is 1. The summed E-state index contributed by atoms with van der Waals surface area (Å²) in [4.78, 5) is 7.85. The van der Waals surface area contributed by atoms with Crippen LogP contribution >= 0.6 is 0 Å². The van der Waals surface area contributed by atoms with Crippen LogP contribution in [0.3, 0.4) is 0 Å². The molecular formula is C19H20FN7O. The first-order valence-electron chi connectivity index (χ1n) is 8.85. The lowest BCUT2D eigenvalue weighted by atomic mass is 10.1. The molecule has 0 bridgehead atoms. The summed E-state index contributed by atoms with van der Waals surface area (Å²) in [7, 11) is 0. The number of aromatic amines is 1. The number of halogens is 1. The van der Waals surface area contributed by atoms with E-state index in [4.69, 9.17) is 11.0 Å². The van der Waals surface area contributed by atoms with Gasteiger partial charge in [0.25, 0.3) is 0 Å². The fraction of sp³-hybridized carbons (Fsp3) is 0.263. The molecule has 2 aromatic heterocycles. The molecule has 1 aromatic carbocycles.